The van der Waals surface area contributed by atoms with E-state index in [0.717, 1.165) is 18.9 Å². The quantitative estimate of drug-likeness (QED) is 0.385. The predicted molar refractivity (Wildman–Crippen MR) is 115 cm³/mol. The molecular formula is C20H28FN7O3. The van der Waals surface area contributed by atoms with E-state index < -0.39 is 34.6 Å². The minimum atomic E-state index is -0.882. The van der Waals surface area contributed by atoms with Crippen LogP contribution in [0.4, 0.5) is 9.18 Å². The first-order valence-electron chi connectivity index (χ1n) is 10.4. The van der Waals surface area contributed by atoms with Gasteiger partial charge >= 0.3 is 11.7 Å². The lowest BCUT2D eigenvalue weighted by atomic mass is 9.66. The summed E-state index contributed by atoms with van der Waals surface area (Å²) < 4.78 is 17.7. The van der Waals surface area contributed by atoms with Crippen molar-refractivity contribution in [3.63, 3.8) is 0 Å². The number of primary amides is 1. The lowest BCUT2D eigenvalue weighted by Gasteiger charge is -2.40. The second-order valence-electron chi connectivity index (χ2n) is 8.74. The van der Waals surface area contributed by atoms with E-state index in [0.29, 0.717) is 34.4 Å². The van der Waals surface area contributed by atoms with Gasteiger partial charge in [0.2, 0.25) is 0 Å². The van der Waals surface area contributed by atoms with Crippen LogP contribution in [-0.4, -0.2) is 41.0 Å². The summed E-state index contributed by atoms with van der Waals surface area (Å²) in [6.07, 6.45) is 1.56. The average molecular weight is 433 g/mol. The second kappa shape index (κ2) is 7.34. The van der Waals surface area contributed by atoms with Crippen molar-refractivity contribution in [2.45, 2.75) is 44.2 Å². The molecule has 1 aromatic heterocycles. The molecule has 168 valence electrons. The number of aromatic nitrogens is 2. The summed E-state index contributed by atoms with van der Waals surface area (Å²) in [4.78, 5) is 36.8. The van der Waals surface area contributed by atoms with E-state index in [1.165, 1.54) is 4.57 Å². The summed E-state index contributed by atoms with van der Waals surface area (Å²) in [5.74, 6) is 5.03. The van der Waals surface area contributed by atoms with Crippen LogP contribution in [0, 0.1) is 18.7 Å². The zero-order chi connectivity index (χ0) is 22.7. The number of nitrogens with one attached hydrogen (secondary N) is 2. The Morgan fingerprint density at radius 3 is 2.65 bits per heavy atom. The molecule has 1 saturated heterocycles. The van der Waals surface area contributed by atoms with E-state index in [9.17, 15) is 14.4 Å². The Balaban J connectivity index is 2.04. The number of fused-ring (bicyclic) bond motifs is 1. The maximum absolute atomic E-state index is 15.7. The molecule has 4 rings (SSSR count). The Hall–Kier alpha value is -2.92. The Morgan fingerprint density at radius 1 is 1.42 bits per heavy atom. The highest BCUT2D eigenvalue weighted by molar-refractivity contribution is 5.83. The molecule has 0 radical (unpaired) electrons. The van der Waals surface area contributed by atoms with E-state index in [1.54, 1.807) is 6.92 Å². The standard InChI is InChI=1S/C20H28FN7O3/c1-9-6-25-8-20(9,14(22)7-26-18(23)30)15-10(2)16-12(5-13(15)21)17(29)28(24)19(31)27(16)11-3-4-11/h5,9,11,14,25H,3-4,6-8,22,24H2,1-2H3,(H3,23,26,30)/t9-,14+,20-/m0/s1. The fourth-order valence-corrected chi connectivity index (χ4v) is 5.17. The molecule has 10 nitrogen and oxygen atoms in total. The molecule has 2 aromatic rings. The molecule has 2 aliphatic rings. The first kappa shape index (κ1) is 21.3. The molecule has 8 N–H and O–H groups in total. The fraction of sp³-hybridized carbons (Fsp3) is 0.550. The van der Waals surface area contributed by atoms with Gasteiger partial charge in [0.1, 0.15) is 5.82 Å². The topological polar surface area (TPSA) is 163 Å². The van der Waals surface area contributed by atoms with Crippen LogP contribution in [0.25, 0.3) is 10.9 Å². The molecular weight excluding hydrogens is 405 g/mol. The average Bonchev–Trinajstić information content (AvgIpc) is 3.48. The lowest BCUT2D eigenvalue weighted by molar-refractivity contribution is 0.241. The highest BCUT2D eigenvalue weighted by Crippen LogP contribution is 2.44. The summed E-state index contributed by atoms with van der Waals surface area (Å²) in [5, 5.41) is 5.85. The molecule has 0 unspecified atom stereocenters. The molecule has 3 atom stereocenters. The van der Waals surface area contributed by atoms with Crippen molar-refractivity contribution in [2.75, 3.05) is 25.5 Å². The van der Waals surface area contributed by atoms with E-state index >= 15 is 4.39 Å². The smallest absolute Gasteiger partial charge is 0.350 e. The number of benzene rings is 1. The number of nitrogens with two attached hydrogens (primary N) is 3. The van der Waals surface area contributed by atoms with Gasteiger partial charge in [0.25, 0.3) is 5.56 Å². The first-order valence-corrected chi connectivity index (χ1v) is 10.4. The van der Waals surface area contributed by atoms with Gasteiger partial charge < -0.3 is 27.9 Å². The fourth-order valence-electron chi connectivity index (χ4n) is 5.17. The van der Waals surface area contributed by atoms with Gasteiger partial charge in [0, 0.05) is 36.2 Å². The highest BCUT2D eigenvalue weighted by atomic mass is 19.1. The van der Waals surface area contributed by atoms with Crippen LogP contribution in [0.15, 0.2) is 15.7 Å². The van der Waals surface area contributed by atoms with Crippen LogP contribution in [0.3, 0.4) is 0 Å². The Bertz CT molecular complexity index is 1190. The number of hydrogen-bond donors (Lipinski definition) is 5. The van der Waals surface area contributed by atoms with Gasteiger partial charge in [-0.05, 0) is 43.9 Å². The maximum Gasteiger partial charge on any atom is 0.350 e. The summed E-state index contributed by atoms with van der Waals surface area (Å²) in [7, 11) is 0. The number of rotatable bonds is 5. The van der Waals surface area contributed by atoms with Crippen molar-refractivity contribution in [3.05, 3.63) is 43.8 Å². The van der Waals surface area contributed by atoms with E-state index in [-0.39, 0.29) is 23.9 Å². The van der Waals surface area contributed by atoms with E-state index in [2.05, 4.69) is 10.6 Å². The molecule has 31 heavy (non-hydrogen) atoms. The minimum Gasteiger partial charge on any atom is -0.352 e. The zero-order valence-corrected chi connectivity index (χ0v) is 17.6. The maximum atomic E-state index is 15.7. The number of hydrogen-bond acceptors (Lipinski definition) is 6. The summed E-state index contributed by atoms with van der Waals surface area (Å²) >= 11 is 0. The van der Waals surface area contributed by atoms with Crippen molar-refractivity contribution in [3.8, 4) is 0 Å². The van der Waals surface area contributed by atoms with Crippen LogP contribution in [-0.2, 0) is 5.41 Å². The molecule has 1 aliphatic heterocycles. The third-order valence-electron chi connectivity index (χ3n) is 6.88. The predicted octanol–water partition coefficient (Wildman–Crippen LogP) is -0.868. The van der Waals surface area contributed by atoms with Crippen molar-refractivity contribution < 1.29 is 9.18 Å². The van der Waals surface area contributed by atoms with Crippen LogP contribution < -0.4 is 39.2 Å². The third-order valence-corrected chi connectivity index (χ3v) is 6.88. The molecule has 1 aliphatic carbocycles. The van der Waals surface area contributed by atoms with Gasteiger partial charge in [-0.1, -0.05) is 6.92 Å². The SMILES string of the molecule is Cc1c([C@@]2([C@H](N)CNC(N)=O)CNC[C@@H]2C)c(F)cc2c(=O)n(N)c(=O)n(C3CC3)c12. The number of carbonyl (C=O) groups excluding carboxylic acids is 1. The number of nitrogen functional groups attached to an aromatic ring is 1. The number of halogens is 1. The normalized spacial score (nSPS) is 24.5. The van der Waals surface area contributed by atoms with Gasteiger partial charge in [-0.15, -0.1) is 0 Å². The largest absolute Gasteiger partial charge is 0.352 e. The zero-order valence-electron chi connectivity index (χ0n) is 17.6. The van der Waals surface area contributed by atoms with Crippen LogP contribution >= 0.6 is 0 Å². The molecule has 1 saturated carbocycles. The van der Waals surface area contributed by atoms with Gasteiger partial charge in [-0.3, -0.25) is 9.36 Å². The Labute approximate surface area is 177 Å². The first-order chi connectivity index (χ1) is 14.6. The van der Waals surface area contributed by atoms with Crippen LogP contribution in [0.1, 0.15) is 36.9 Å². The number of carbonyl (C=O) groups is 1. The van der Waals surface area contributed by atoms with Crippen molar-refractivity contribution >= 4 is 16.9 Å². The van der Waals surface area contributed by atoms with E-state index in [4.69, 9.17) is 17.3 Å². The molecule has 2 amide bonds. The van der Waals surface area contributed by atoms with Gasteiger partial charge in [0.05, 0.1) is 10.9 Å². The summed E-state index contributed by atoms with van der Waals surface area (Å²) in [5.41, 5.74) is 10.7. The number of nitrogens with zero attached hydrogens (tertiary/aromatic N) is 2. The van der Waals surface area contributed by atoms with Crippen LogP contribution in [0.5, 0.6) is 0 Å². The number of urea groups is 1. The molecule has 0 bridgehead atoms. The third kappa shape index (κ3) is 3.10. The van der Waals surface area contributed by atoms with Crippen molar-refractivity contribution in [1.82, 2.24) is 19.9 Å². The molecule has 0 spiro atoms. The number of aryl methyl sites for hydroxylation is 1. The number of amides is 2. The Morgan fingerprint density at radius 2 is 2.10 bits per heavy atom. The minimum absolute atomic E-state index is 0.0537. The monoisotopic (exact) mass is 433 g/mol. The molecule has 2 heterocycles. The van der Waals surface area contributed by atoms with Crippen LogP contribution in [0.2, 0.25) is 0 Å². The summed E-state index contributed by atoms with van der Waals surface area (Å²) in [6.45, 7) is 4.69. The van der Waals surface area contributed by atoms with Gasteiger partial charge in [-0.25, -0.2) is 14.0 Å². The highest BCUT2D eigenvalue weighted by Gasteiger charge is 2.49. The molecule has 2 fully saturated rings. The lowest BCUT2D eigenvalue weighted by Crippen LogP contribution is -2.57. The molecule has 1 aromatic carbocycles. The second-order valence-corrected chi connectivity index (χ2v) is 8.74. The van der Waals surface area contributed by atoms with E-state index in [1.807, 2.05) is 6.92 Å². The van der Waals surface area contributed by atoms with Crippen molar-refractivity contribution in [1.29, 1.82) is 0 Å². The Kier molecular flexibility index (Phi) is 5.05. The summed E-state index contributed by atoms with van der Waals surface area (Å²) in [6, 6.07) is -0.303. The molecule has 11 heteroatoms. The van der Waals surface area contributed by atoms with Gasteiger partial charge in [-0.2, -0.15) is 4.68 Å². The van der Waals surface area contributed by atoms with Crippen molar-refractivity contribution in [2.24, 2.45) is 17.4 Å². The van der Waals surface area contributed by atoms with Gasteiger partial charge in [0.15, 0.2) is 0 Å².